The fraction of sp³-hybridized carbons (Fsp3) is 0.250. The Bertz CT molecular complexity index is 1050. The van der Waals surface area contributed by atoms with E-state index in [0.717, 1.165) is 12.1 Å². The van der Waals surface area contributed by atoms with Crippen molar-refractivity contribution in [3.05, 3.63) is 88.7 Å². The van der Waals surface area contributed by atoms with E-state index < -0.39 is 0 Å². The smallest absolute Gasteiger partial charge is 0.410 e. The summed E-state index contributed by atoms with van der Waals surface area (Å²) in [7, 11) is 0. The van der Waals surface area contributed by atoms with Gasteiger partial charge in [-0.2, -0.15) is 0 Å². The van der Waals surface area contributed by atoms with Crippen LogP contribution in [-0.2, 0) is 4.74 Å². The topological polar surface area (TPSA) is 54.5 Å². The van der Waals surface area contributed by atoms with Crippen LogP contribution >= 0.6 is 36.4 Å². The van der Waals surface area contributed by atoms with Crippen LogP contribution in [0.3, 0.4) is 0 Å². The molecule has 5 rings (SSSR count). The quantitative estimate of drug-likeness (QED) is 0.492. The summed E-state index contributed by atoms with van der Waals surface area (Å²) in [5, 5.41) is 3.75. The summed E-state index contributed by atoms with van der Waals surface area (Å²) in [6, 6.07) is 20.2. The number of hydrogen-bond donors (Lipinski definition) is 1. The number of fused-ring (bicyclic) bond motifs is 3. The molecule has 1 atom stereocenters. The van der Waals surface area contributed by atoms with Crippen molar-refractivity contribution in [2.75, 3.05) is 26.2 Å². The molecule has 0 spiro atoms. The summed E-state index contributed by atoms with van der Waals surface area (Å²) in [4.78, 5) is 19.0. The van der Waals surface area contributed by atoms with Gasteiger partial charge >= 0.3 is 6.09 Å². The first-order valence-electron chi connectivity index (χ1n) is 10.2. The minimum absolute atomic E-state index is 0. The van der Waals surface area contributed by atoms with Gasteiger partial charge in [-0.15, -0.1) is 24.8 Å². The van der Waals surface area contributed by atoms with Crippen LogP contribution < -0.4 is 5.32 Å². The highest BCUT2D eigenvalue weighted by molar-refractivity contribution is 6.30. The number of nitrogens with zero attached hydrogens (tertiary/aromatic N) is 2. The molecule has 0 saturated carbocycles. The van der Waals surface area contributed by atoms with Crippen LogP contribution in [0.4, 0.5) is 4.79 Å². The predicted octanol–water partition coefficient (Wildman–Crippen LogP) is 5.47. The van der Waals surface area contributed by atoms with Crippen LogP contribution in [0.25, 0.3) is 11.1 Å². The number of hydrogen-bond acceptors (Lipinski definition) is 4. The van der Waals surface area contributed by atoms with E-state index in [9.17, 15) is 4.79 Å². The third-order valence-electron chi connectivity index (χ3n) is 5.96. The van der Waals surface area contributed by atoms with E-state index in [1.807, 2.05) is 36.4 Å². The van der Waals surface area contributed by atoms with Gasteiger partial charge in [0.15, 0.2) is 0 Å². The van der Waals surface area contributed by atoms with Crippen LogP contribution in [0.15, 0.2) is 66.9 Å². The highest BCUT2D eigenvalue weighted by Gasteiger charge is 2.33. The molecule has 0 radical (unpaired) electrons. The van der Waals surface area contributed by atoms with E-state index in [2.05, 4.69) is 34.6 Å². The van der Waals surface area contributed by atoms with Gasteiger partial charge < -0.3 is 10.1 Å². The zero-order valence-electron chi connectivity index (χ0n) is 17.2. The van der Waals surface area contributed by atoms with Gasteiger partial charge in [0.1, 0.15) is 11.8 Å². The van der Waals surface area contributed by atoms with E-state index in [-0.39, 0.29) is 42.9 Å². The summed E-state index contributed by atoms with van der Waals surface area (Å²) in [6.45, 7) is 2.21. The molecule has 1 fully saturated rings. The van der Waals surface area contributed by atoms with Crippen LogP contribution in [0.2, 0.25) is 5.15 Å². The average Bonchev–Trinajstić information content (AvgIpc) is 3.12. The van der Waals surface area contributed by atoms with Crippen molar-refractivity contribution in [1.82, 2.24) is 15.2 Å². The Labute approximate surface area is 205 Å². The number of halogens is 3. The predicted molar refractivity (Wildman–Crippen MR) is 131 cm³/mol. The normalized spacial score (nSPS) is 16.9. The molecule has 2 aliphatic rings. The zero-order valence-corrected chi connectivity index (χ0v) is 19.6. The monoisotopic (exact) mass is 491 g/mol. The lowest BCUT2D eigenvalue weighted by Crippen LogP contribution is -2.49. The molecule has 8 heteroatoms. The second kappa shape index (κ2) is 10.5. The molecule has 1 N–H and O–H groups in total. The molecule has 3 aromatic rings. The first-order valence-corrected chi connectivity index (χ1v) is 10.5. The van der Waals surface area contributed by atoms with Gasteiger partial charge in [0, 0.05) is 37.3 Å². The largest absolute Gasteiger partial charge is 0.448 e. The summed E-state index contributed by atoms with van der Waals surface area (Å²) in [5.74, 6) is 0.0460. The molecule has 0 bridgehead atoms. The second-order valence-electron chi connectivity index (χ2n) is 7.60. The first-order chi connectivity index (χ1) is 14.7. The third-order valence-corrected chi connectivity index (χ3v) is 6.28. The molecule has 2 heterocycles. The van der Waals surface area contributed by atoms with Gasteiger partial charge in [-0.1, -0.05) is 66.2 Å². The highest BCUT2D eigenvalue weighted by atomic mass is 35.5. The molecule has 1 aliphatic heterocycles. The maximum atomic E-state index is 13.1. The Balaban J connectivity index is 0.00000144. The average molecular weight is 493 g/mol. The molecule has 1 saturated heterocycles. The Kier molecular flexibility index (Phi) is 8.01. The molecule has 1 unspecified atom stereocenters. The molecule has 5 nitrogen and oxygen atoms in total. The van der Waals surface area contributed by atoms with E-state index in [1.54, 1.807) is 11.1 Å². The maximum absolute atomic E-state index is 13.1. The number of carbonyl (C=O) groups excluding carboxylic acids is 1. The van der Waals surface area contributed by atoms with Gasteiger partial charge in [-0.25, -0.2) is 9.78 Å². The van der Waals surface area contributed by atoms with Crippen LogP contribution in [-0.4, -0.2) is 42.2 Å². The highest BCUT2D eigenvalue weighted by Crippen LogP contribution is 2.44. The number of aromatic nitrogens is 1. The minimum Gasteiger partial charge on any atom is -0.448 e. The Morgan fingerprint density at radius 2 is 1.62 bits per heavy atom. The van der Waals surface area contributed by atoms with Crippen LogP contribution in [0, 0.1) is 0 Å². The molecule has 168 valence electrons. The fourth-order valence-corrected chi connectivity index (χ4v) is 4.77. The summed E-state index contributed by atoms with van der Waals surface area (Å²) in [6.07, 6.45) is 1.34. The molecule has 1 aliphatic carbocycles. The van der Waals surface area contributed by atoms with E-state index in [1.165, 1.54) is 22.3 Å². The fourth-order valence-electron chi connectivity index (χ4n) is 4.52. The van der Waals surface area contributed by atoms with Crippen molar-refractivity contribution in [1.29, 1.82) is 0 Å². The number of nitrogens with one attached hydrogen (secondary N) is 1. The van der Waals surface area contributed by atoms with Gasteiger partial charge in [-0.3, -0.25) is 4.90 Å². The van der Waals surface area contributed by atoms with Crippen molar-refractivity contribution in [2.24, 2.45) is 0 Å². The lowest BCUT2D eigenvalue weighted by Gasteiger charge is -2.36. The van der Waals surface area contributed by atoms with Crippen molar-refractivity contribution in [2.45, 2.75) is 12.0 Å². The van der Waals surface area contributed by atoms with E-state index in [4.69, 9.17) is 16.3 Å². The number of amides is 1. The zero-order chi connectivity index (χ0) is 20.5. The first kappa shape index (κ1) is 24.3. The van der Waals surface area contributed by atoms with Crippen molar-refractivity contribution >= 4 is 42.5 Å². The number of rotatable bonds is 3. The lowest BCUT2D eigenvalue weighted by atomic mass is 9.98. The Morgan fingerprint density at radius 3 is 2.28 bits per heavy atom. The molecular weight excluding hydrogens is 469 g/mol. The van der Waals surface area contributed by atoms with Crippen molar-refractivity contribution in [3.8, 4) is 11.1 Å². The maximum Gasteiger partial charge on any atom is 0.410 e. The summed E-state index contributed by atoms with van der Waals surface area (Å²) in [5.41, 5.74) is 5.69. The molecule has 1 aromatic heterocycles. The Hall–Kier alpha value is -2.31. The van der Waals surface area contributed by atoms with Crippen LogP contribution in [0.1, 0.15) is 28.7 Å². The SMILES string of the molecule is Cl.Cl.O=C(OCC1c2ccccc2-c2ccccc21)N1CCNCC1c1cccnc1Cl. The minimum atomic E-state index is -0.316. The van der Waals surface area contributed by atoms with E-state index >= 15 is 0 Å². The van der Waals surface area contributed by atoms with Gasteiger partial charge in [-0.05, 0) is 28.3 Å². The third kappa shape index (κ3) is 4.44. The van der Waals surface area contributed by atoms with Crippen LogP contribution in [0.5, 0.6) is 0 Å². The number of piperazine rings is 1. The number of benzene rings is 2. The summed E-state index contributed by atoms with van der Waals surface area (Å²) >= 11 is 6.30. The lowest BCUT2D eigenvalue weighted by molar-refractivity contribution is 0.0752. The van der Waals surface area contributed by atoms with Gasteiger partial charge in [0.05, 0.1) is 6.04 Å². The number of carbonyl (C=O) groups is 1. The van der Waals surface area contributed by atoms with Crippen molar-refractivity contribution < 1.29 is 9.53 Å². The van der Waals surface area contributed by atoms with Gasteiger partial charge in [0.25, 0.3) is 0 Å². The Morgan fingerprint density at radius 1 is 1.00 bits per heavy atom. The van der Waals surface area contributed by atoms with E-state index in [0.29, 0.717) is 24.8 Å². The number of pyridine rings is 1. The number of ether oxygens (including phenoxy) is 1. The molecule has 1 amide bonds. The molecule has 2 aromatic carbocycles. The second-order valence-corrected chi connectivity index (χ2v) is 7.96. The molecular formula is C24H24Cl3N3O2. The summed E-state index contributed by atoms with van der Waals surface area (Å²) < 4.78 is 5.87. The van der Waals surface area contributed by atoms with Crippen molar-refractivity contribution in [3.63, 3.8) is 0 Å². The van der Waals surface area contributed by atoms with Gasteiger partial charge in [0.2, 0.25) is 0 Å². The standard InChI is InChI=1S/C24H22ClN3O2.2ClH/c25-23-20(10-5-11-27-23)22-14-26-12-13-28(22)24(29)30-15-21-18-8-3-1-6-16(18)17-7-2-4-9-19(17)21;;/h1-11,21-22,26H,12-15H2;2*1H. The molecule has 32 heavy (non-hydrogen) atoms.